The van der Waals surface area contributed by atoms with Crippen molar-refractivity contribution in [2.24, 2.45) is 0 Å². The molecule has 0 aliphatic rings. The zero-order chi connectivity index (χ0) is 10.2. The Labute approximate surface area is 84.1 Å². The molecule has 0 unspecified atom stereocenters. The summed E-state index contributed by atoms with van der Waals surface area (Å²) in [6, 6.07) is 0. The molecular formula is C10H17N3O. The summed E-state index contributed by atoms with van der Waals surface area (Å²) in [5, 5.41) is 2.81. The van der Waals surface area contributed by atoms with Crippen molar-refractivity contribution in [3.8, 4) is 0 Å². The standard InChI is InChI=1S/C10H17N3O/c1-2-3-4-5-10(14)13-8-9-11-6-7-12-9/h6-7H,2-5,8H2,1H3,(H,11,12)(H,13,14). The monoisotopic (exact) mass is 195 g/mol. The number of nitrogens with one attached hydrogen (secondary N) is 2. The number of imidazole rings is 1. The molecule has 1 aromatic heterocycles. The topological polar surface area (TPSA) is 57.8 Å². The summed E-state index contributed by atoms with van der Waals surface area (Å²) >= 11 is 0. The number of hydrogen-bond acceptors (Lipinski definition) is 2. The summed E-state index contributed by atoms with van der Waals surface area (Å²) in [5.41, 5.74) is 0. The van der Waals surface area contributed by atoms with E-state index in [-0.39, 0.29) is 5.91 Å². The average Bonchev–Trinajstić information content (AvgIpc) is 2.68. The fraction of sp³-hybridized carbons (Fsp3) is 0.600. The molecule has 4 heteroatoms. The Morgan fingerprint density at radius 1 is 1.57 bits per heavy atom. The van der Waals surface area contributed by atoms with Gasteiger partial charge >= 0.3 is 0 Å². The summed E-state index contributed by atoms with van der Waals surface area (Å²) in [4.78, 5) is 18.2. The molecule has 0 aliphatic carbocycles. The van der Waals surface area contributed by atoms with Crippen LogP contribution in [0.1, 0.15) is 38.4 Å². The highest BCUT2D eigenvalue weighted by Gasteiger charge is 2.01. The van der Waals surface area contributed by atoms with Crippen LogP contribution in [0.5, 0.6) is 0 Å². The lowest BCUT2D eigenvalue weighted by Crippen LogP contribution is -2.22. The molecule has 1 aromatic rings. The normalized spacial score (nSPS) is 10.1. The van der Waals surface area contributed by atoms with Crippen LogP contribution in [-0.4, -0.2) is 15.9 Å². The molecule has 0 spiro atoms. The quantitative estimate of drug-likeness (QED) is 0.677. The van der Waals surface area contributed by atoms with E-state index in [9.17, 15) is 4.79 Å². The molecule has 14 heavy (non-hydrogen) atoms. The number of rotatable bonds is 6. The minimum Gasteiger partial charge on any atom is -0.349 e. The molecule has 0 fully saturated rings. The van der Waals surface area contributed by atoms with Crippen molar-refractivity contribution >= 4 is 5.91 Å². The van der Waals surface area contributed by atoms with Crippen LogP contribution in [0.25, 0.3) is 0 Å². The van der Waals surface area contributed by atoms with Crippen molar-refractivity contribution in [1.29, 1.82) is 0 Å². The van der Waals surface area contributed by atoms with Gasteiger partial charge in [-0.1, -0.05) is 19.8 Å². The molecule has 4 nitrogen and oxygen atoms in total. The zero-order valence-corrected chi connectivity index (χ0v) is 8.55. The maximum Gasteiger partial charge on any atom is 0.220 e. The molecule has 0 atom stereocenters. The maximum atomic E-state index is 11.3. The third kappa shape index (κ3) is 4.07. The molecule has 1 heterocycles. The molecule has 0 saturated heterocycles. The lowest BCUT2D eigenvalue weighted by Gasteiger charge is -2.02. The van der Waals surface area contributed by atoms with E-state index in [1.807, 2.05) is 0 Å². The number of aromatic amines is 1. The van der Waals surface area contributed by atoms with Gasteiger partial charge in [-0.15, -0.1) is 0 Å². The maximum absolute atomic E-state index is 11.3. The molecule has 0 bridgehead atoms. The average molecular weight is 195 g/mol. The van der Waals surface area contributed by atoms with Crippen LogP contribution in [0.4, 0.5) is 0 Å². The van der Waals surface area contributed by atoms with Crippen LogP contribution in [0.3, 0.4) is 0 Å². The van der Waals surface area contributed by atoms with Gasteiger partial charge in [0, 0.05) is 18.8 Å². The Balaban J connectivity index is 2.09. The molecule has 0 aliphatic heterocycles. The lowest BCUT2D eigenvalue weighted by molar-refractivity contribution is -0.121. The molecule has 1 amide bonds. The predicted octanol–water partition coefficient (Wildman–Crippen LogP) is 1.61. The van der Waals surface area contributed by atoms with Gasteiger partial charge in [0.05, 0.1) is 6.54 Å². The van der Waals surface area contributed by atoms with E-state index in [1.165, 1.54) is 0 Å². The van der Waals surface area contributed by atoms with Crippen molar-refractivity contribution in [1.82, 2.24) is 15.3 Å². The molecule has 2 N–H and O–H groups in total. The van der Waals surface area contributed by atoms with Crippen LogP contribution in [0.2, 0.25) is 0 Å². The summed E-state index contributed by atoms with van der Waals surface area (Å²) in [6.07, 6.45) is 7.28. The van der Waals surface area contributed by atoms with E-state index in [0.717, 1.165) is 25.1 Å². The highest BCUT2D eigenvalue weighted by atomic mass is 16.1. The largest absolute Gasteiger partial charge is 0.349 e. The summed E-state index contributed by atoms with van der Waals surface area (Å²) in [7, 11) is 0. The first-order chi connectivity index (χ1) is 6.83. The highest BCUT2D eigenvalue weighted by molar-refractivity contribution is 5.75. The van der Waals surface area contributed by atoms with E-state index < -0.39 is 0 Å². The number of H-pyrrole nitrogens is 1. The van der Waals surface area contributed by atoms with Gasteiger partial charge in [-0.05, 0) is 6.42 Å². The van der Waals surface area contributed by atoms with Crippen LogP contribution >= 0.6 is 0 Å². The SMILES string of the molecule is CCCCCC(=O)NCc1ncc[nH]1. The second-order valence-electron chi connectivity index (χ2n) is 3.27. The minimum absolute atomic E-state index is 0.106. The summed E-state index contributed by atoms with van der Waals surface area (Å²) < 4.78 is 0. The number of carbonyl (C=O) groups excluding carboxylic acids is 1. The fourth-order valence-electron chi connectivity index (χ4n) is 1.20. The van der Waals surface area contributed by atoms with Crippen molar-refractivity contribution in [2.75, 3.05) is 0 Å². The molecule has 0 aromatic carbocycles. The zero-order valence-electron chi connectivity index (χ0n) is 8.55. The third-order valence-corrected chi connectivity index (χ3v) is 2.02. The van der Waals surface area contributed by atoms with Gasteiger partial charge in [-0.3, -0.25) is 4.79 Å². The van der Waals surface area contributed by atoms with Crippen molar-refractivity contribution in [3.63, 3.8) is 0 Å². The van der Waals surface area contributed by atoms with Gasteiger partial charge in [-0.25, -0.2) is 4.98 Å². The number of hydrogen-bond donors (Lipinski definition) is 2. The van der Waals surface area contributed by atoms with E-state index in [4.69, 9.17) is 0 Å². The van der Waals surface area contributed by atoms with Crippen molar-refractivity contribution in [2.45, 2.75) is 39.2 Å². The van der Waals surface area contributed by atoms with E-state index in [0.29, 0.717) is 13.0 Å². The Kier molecular flexibility index (Phi) is 4.75. The van der Waals surface area contributed by atoms with E-state index in [1.54, 1.807) is 12.4 Å². The Bertz CT molecular complexity index is 256. The van der Waals surface area contributed by atoms with Gasteiger partial charge in [-0.2, -0.15) is 0 Å². The third-order valence-electron chi connectivity index (χ3n) is 2.02. The van der Waals surface area contributed by atoms with E-state index in [2.05, 4.69) is 22.2 Å². The molecule has 78 valence electrons. The first-order valence-electron chi connectivity index (χ1n) is 5.08. The van der Waals surface area contributed by atoms with Crippen molar-refractivity contribution in [3.05, 3.63) is 18.2 Å². The van der Waals surface area contributed by atoms with Crippen LogP contribution in [0, 0.1) is 0 Å². The highest BCUT2D eigenvalue weighted by Crippen LogP contribution is 1.98. The second-order valence-corrected chi connectivity index (χ2v) is 3.27. The number of amides is 1. The Hall–Kier alpha value is -1.32. The van der Waals surface area contributed by atoms with Gasteiger partial charge in [0.1, 0.15) is 5.82 Å². The van der Waals surface area contributed by atoms with Crippen molar-refractivity contribution < 1.29 is 4.79 Å². The Morgan fingerprint density at radius 3 is 3.07 bits per heavy atom. The fourth-order valence-corrected chi connectivity index (χ4v) is 1.20. The van der Waals surface area contributed by atoms with Crippen LogP contribution in [0.15, 0.2) is 12.4 Å². The summed E-state index contributed by atoms with van der Waals surface area (Å²) in [5.74, 6) is 0.906. The second kappa shape index (κ2) is 6.18. The first kappa shape index (κ1) is 10.8. The molecule has 0 saturated carbocycles. The van der Waals surface area contributed by atoms with Gasteiger partial charge in [0.25, 0.3) is 0 Å². The molecular weight excluding hydrogens is 178 g/mol. The number of aromatic nitrogens is 2. The van der Waals surface area contributed by atoms with Gasteiger partial charge in [0.15, 0.2) is 0 Å². The lowest BCUT2D eigenvalue weighted by atomic mass is 10.2. The predicted molar refractivity (Wildman–Crippen MR) is 54.6 cm³/mol. The Morgan fingerprint density at radius 2 is 2.43 bits per heavy atom. The smallest absolute Gasteiger partial charge is 0.220 e. The minimum atomic E-state index is 0.106. The molecule has 1 rings (SSSR count). The van der Waals surface area contributed by atoms with Gasteiger partial charge < -0.3 is 10.3 Å². The first-order valence-corrected chi connectivity index (χ1v) is 5.08. The van der Waals surface area contributed by atoms with Crippen LogP contribution < -0.4 is 5.32 Å². The van der Waals surface area contributed by atoms with Gasteiger partial charge in [0.2, 0.25) is 5.91 Å². The number of carbonyl (C=O) groups is 1. The molecule has 0 radical (unpaired) electrons. The number of nitrogens with zero attached hydrogens (tertiary/aromatic N) is 1. The summed E-state index contributed by atoms with van der Waals surface area (Å²) in [6.45, 7) is 2.62. The van der Waals surface area contributed by atoms with Crippen LogP contribution in [-0.2, 0) is 11.3 Å². The van der Waals surface area contributed by atoms with E-state index >= 15 is 0 Å². The number of unbranched alkanes of at least 4 members (excludes halogenated alkanes) is 2.